The molecule has 0 fully saturated rings. The van der Waals surface area contributed by atoms with Gasteiger partial charge < -0.3 is 14.0 Å². The van der Waals surface area contributed by atoms with Gasteiger partial charge in [0.05, 0.1) is 24.4 Å². The number of amides is 1. The van der Waals surface area contributed by atoms with Crippen molar-refractivity contribution in [2.75, 3.05) is 14.2 Å². The molecule has 0 saturated heterocycles. The van der Waals surface area contributed by atoms with E-state index in [0.717, 1.165) is 15.8 Å². The summed E-state index contributed by atoms with van der Waals surface area (Å²) in [5, 5.41) is 0.677. The molecule has 0 N–H and O–H groups in total. The molecular weight excluding hydrogens is 384 g/mol. The van der Waals surface area contributed by atoms with Crippen LogP contribution in [-0.2, 0) is 6.54 Å². The Bertz CT molecular complexity index is 1100. The third-order valence-corrected chi connectivity index (χ3v) is 5.62. The van der Waals surface area contributed by atoms with Gasteiger partial charge in [0.15, 0.2) is 16.3 Å². The first-order valence-corrected chi connectivity index (χ1v) is 9.40. The van der Waals surface area contributed by atoms with Crippen molar-refractivity contribution < 1.29 is 14.3 Å². The van der Waals surface area contributed by atoms with Crippen LogP contribution in [0.25, 0.3) is 10.2 Å². The number of nitrogens with zero attached hydrogens (tertiary/aromatic N) is 2. The van der Waals surface area contributed by atoms with Crippen molar-refractivity contribution in [1.29, 1.82) is 0 Å². The third kappa shape index (κ3) is 3.63. The van der Waals surface area contributed by atoms with Gasteiger partial charge >= 0.3 is 0 Å². The number of ether oxygens (including phenoxy) is 2. The summed E-state index contributed by atoms with van der Waals surface area (Å²) in [5.74, 6) is 0.684. The van der Waals surface area contributed by atoms with Gasteiger partial charge in [-0.1, -0.05) is 29.0 Å². The predicted molar refractivity (Wildman–Crippen MR) is 109 cm³/mol. The van der Waals surface area contributed by atoms with Crippen LogP contribution in [0.1, 0.15) is 15.9 Å². The number of benzene rings is 2. The lowest BCUT2D eigenvalue weighted by Crippen LogP contribution is -2.16. The second-order valence-electron chi connectivity index (χ2n) is 5.79. The summed E-state index contributed by atoms with van der Waals surface area (Å²) in [4.78, 5) is 17.7. The van der Waals surface area contributed by atoms with Crippen LogP contribution >= 0.6 is 22.9 Å². The van der Waals surface area contributed by atoms with E-state index >= 15 is 0 Å². The summed E-state index contributed by atoms with van der Waals surface area (Å²) < 4.78 is 13.4. The van der Waals surface area contributed by atoms with Crippen LogP contribution in [0.2, 0.25) is 5.02 Å². The van der Waals surface area contributed by atoms with E-state index in [9.17, 15) is 4.79 Å². The van der Waals surface area contributed by atoms with E-state index in [4.69, 9.17) is 21.1 Å². The zero-order valence-electron chi connectivity index (χ0n) is 15.3. The fraction of sp³-hybridized carbons (Fsp3) is 0.200. The standard InChI is InChI=1S/C20H19ClN2O3S/c1-5-10-23-18-12(2)14(21)7-9-17(18)27-20(23)22-19(24)13-6-8-15(25-3)16(11-13)26-4/h5-9,11H,1,10H2,2-4H3. The molecule has 0 bridgehead atoms. The molecule has 5 nitrogen and oxygen atoms in total. The minimum atomic E-state index is -0.357. The Kier molecular flexibility index (Phi) is 5.68. The number of rotatable bonds is 5. The van der Waals surface area contributed by atoms with Crippen LogP contribution < -0.4 is 14.3 Å². The maximum Gasteiger partial charge on any atom is 0.279 e. The van der Waals surface area contributed by atoms with Crippen molar-refractivity contribution in [3.05, 3.63) is 63.9 Å². The molecular formula is C20H19ClN2O3S. The first-order valence-electron chi connectivity index (χ1n) is 8.20. The molecule has 0 spiro atoms. The Hall–Kier alpha value is -2.57. The van der Waals surface area contributed by atoms with E-state index in [2.05, 4.69) is 11.6 Å². The highest BCUT2D eigenvalue weighted by molar-refractivity contribution is 7.16. The van der Waals surface area contributed by atoms with Crippen LogP contribution in [-0.4, -0.2) is 24.7 Å². The van der Waals surface area contributed by atoms with E-state index in [1.165, 1.54) is 18.4 Å². The van der Waals surface area contributed by atoms with Gasteiger partial charge in [0, 0.05) is 17.1 Å². The number of halogens is 1. The van der Waals surface area contributed by atoms with Gasteiger partial charge in [0.25, 0.3) is 5.91 Å². The summed E-state index contributed by atoms with van der Waals surface area (Å²) in [6.07, 6.45) is 1.77. The van der Waals surface area contributed by atoms with Crippen molar-refractivity contribution in [2.45, 2.75) is 13.5 Å². The zero-order chi connectivity index (χ0) is 19.6. The van der Waals surface area contributed by atoms with Crippen LogP contribution in [0.5, 0.6) is 11.5 Å². The number of hydrogen-bond donors (Lipinski definition) is 0. The number of thiazole rings is 1. The molecule has 1 heterocycles. The maximum absolute atomic E-state index is 12.7. The Morgan fingerprint density at radius 2 is 2.00 bits per heavy atom. The van der Waals surface area contributed by atoms with Crippen LogP contribution in [0.3, 0.4) is 0 Å². The van der Waals surface area contributed by atoms with Gasteiger partial charge in [-0.3, -0.25) is 4.79 Å². The predicted octanol–water partition coefficient (Wildman–Crippen LogP) is 4.61. The molecule has 0 saturated carbocycles. The van der Waals surface area contributed by atoms with Gasteiger partial charge in [0.1, 0.15) is 0 Å². The average Bonchev–Trinajstić information content (AvgIpc) is 3.02. The van der Waals surface area contributed by atoms with E-state index < -0.39 is 0 Å². The van der Waals surface area contributed by atoms with Gasteiger partial charge in [-0.15, -0.1) is 6.58 Å². The lowest BCUT2D eigenvalue weighted by atomic mass is 10.2. The number of aromatic nitrogens is 1. The first-order chi connectivity index (χ1) is 13.0. The normalized spacial score (nSPS) is 11.6. The number of allylic oxidation sites excluding steroid dienone is 1. The van der Waals surface area contributed by atoms with Crippen LogP contribution in [0.15, 0.2) is 48.0 Å². The van der Waals surface area contributed by atoms with Crippen molar-refractivity contribution >= 4 is 39.1 Å². The first kappa shape index (κ1) is 19.2. The number of fused-ring (bicyclic) bond motifs is 1. The minimum absolute atomic E-state index is 0.357. The summed E-state index contributed by atoms with van der Waals surface area (Å²) in [6, 6.07) is 8.77. The molecule has 0 atom stereocenters. The number of aryl methyl sites for hydroxylation is 1. The van der Waals surface area contributed by atoms with Crippen molar-refractivity contribution in [2.24, 2.45) is 4.99 Å². The number of carbonyl (C=O) groups is 1. The Morgan fingerprint density at radius 3 is 2.67 bits per heavy atom. The maximum atomic E-state index is 12.7. The largest absolute Gasteiger partial charge is 0.493 e. The third-order valence-electron chi connectivity index (χ3n) is 4.17. The molecule has 1 amide bonds. The summed E-state index contributed by atoms with van der Waals surface area (Å²) >= 11 is 7.72. The van der Waals surface area contributed by atoms with E-state index in [-0.39, 0.29) is 5.91 Å². The average molecular weight is 403 g/mol. The topological polar surface area (TPSA) is 52.8 Å². The number of methoxy groups -OCH3 is 2. The molecule has 0 aliphatic rings. The quantitative estimate of drug-likeness (QED) is 0.585. The SMILES string of the molecule is C=CCn1c(=NC(=O)c2ccc(OC)c(OC)c2)sc2ccc(Cl)c(C)c21. The molecule has 0 aliphatic carbocycles. The molecule has 0 radical (unpaired) electrons. The van der Waals surface area contributed by atoms with Gasteiger partial charge in [-0.25, -0.2) is 0 Å². The summed E-state index contributed by atoms with van der Waals surface area (Å²) in [6.45, 7) is 6.29. The second-order valence-corrected chi connectivity index (χ2v) is 7.21. The number of carbonyl (C=O) groups excluding carboxylic acids is 1. The highest BCUT2D eigenvalue weighted by Crippen LogP contribution is 2.29. The molecule has 0 unspecified atom stereocenters. The highest BCUT2D eigenvalue weighted by atomic mass is 35.5. The highest BCUT2D eigenvalue weighted by Gasteiger charge is 2.14. The fourth-order valence-corrected chi connectivity index (χ4v) is 4.07. The van der Waals surface area contributed by atoms with E-state index in [1.807, 2.05) is 23.6 Å². The Balaban J connectivity index is 2.15. The molecule has 0 aliphatic heterocycles. The fourth-order valence-electron chi connectivity index (χ4n) is 2.82. The molecule has 7 heteroatoms. The van der Waals surface area contributed by atoms with E-state index in [1.54, 1.807) is 31.4 Å². The summed E-state index contributed by atoms with van der Waals surface area (Å²) in [5.41, 5.74) is 2.34. The molecule has 3 rings (SSSR count). The Labute approximate surface area is 166 Å². The van der Waals surface area contributed by atoms with Crippen LogP contribution in [0, 0.1) is 6.92 Å². The van der Waals surface area contributed by atoms with Gasteiger partial charge in [-0.2, -0.15) is 4.99 Å². The molecule has 2 aromatic carbocycles. The molecule has 140 valence electrons. The Morgan fingerprint density at radius 1 is 1.26 bits per heavy atom. The summed E-state index contributed by atoms with van der Waals surface area (Å²) in [7, 11) is 3.08. The zero-order valence-corrected chi connectivity index (χ0v) is 16.9. The second kappa shape index (κ2) is 7.98. The van der Waals surface area contributed by atoms with E-state index in [0.29, 0.717) is 33.4 Å². The smallest absolute Gasteiger partial charge is 0.279 e. The van der Waals surface area contributed by atoms with Crippen LogP contribution in [0.4, 0.5) is 0 Å². The monoisotopic (exact) mass is 402 g/mol. The molecule has 1 aromatic heterocycles. The lowest BCUT2D eigenvalue weighted by Gasteiger charge is -2.08. The number of hydrogen-bond acceptors (Lipinski definition) is 4. The van der Waals surface area contributed by atoms with Gasteiger partial charge in [-0.05, 0) is 42.8 Å². The van der Waals surface area contributed by atoms with Crippen molar-refractivity contribution in [3.8, 4) is 11.5 Å². The van der Waals surface area contributed by atoms with Crippen molar-refractivity contribution in [3.63, 3.8) is 0 Å². The molecule has 27 heavy (non-hydrogen) atoms. The van der Waals surface area contributed by atoms with Crippen molar-refractivity contribution in [1.82, 2.24) is 4.57 Å². The molecule has 3 aromatic rings. The van der Waals surface area contributed by atoms with Gasteiger partial charge in [0.2, 0.25) is 0 Å². The minimum Gasteiger partial charge on any atom is -0.493 e. The lowest BCUT2D eigenvalue weighted by molar-refractivity contribution is 0.0997.